The van der Waals surface area contributed by atoms with E-state index in [-0.39, 0.29) is 5.97 Å². The third-order valence-corrected chi connectivity index (χ3v) is 2.88. The van der Waals surface area contributed by atoms with Crippen LogP contribution in [0.2, 0.25) is 5.02 Å². The molecule has 0 aliphatic heterocycles. The first-order valence-electron chi connectivity index (χ1n) is 5.55. The molecule has 0 amide bonds. The van der Waals surface area contributed by atoms with Crippen LogP contribution in [0.15, 0.2) is 18.2 Å². The molecule has 0 aliphatic rings. The van der Waals surface area contributed by atoms with Gasteiger partial charge >= 0.3 is 5.97 Å². The molecule has 2 nitrogen and oxygen atoms in total. The van der Waals surface area contributed by atoms with Crippen LogP contribution in [-0.2, 0) is 11.2 Å². The van der Waals surface area contributed by atoms with Gasteiger partial charge in [0.05, 0.1) is 12.7 Å². The molecule has 1 rings (SSSR count). The van der Waals surface area contributed by atoms with Gasteiger partial charge in [0.25, 0.3) is 0 Å². The molecule has 3 heteroatoms. The first kappa shape index (κ1) is 13.0. The predicted octanol–water partition coefficient (Wildman–Crippen LogP) is 3.86. The second-order valence-corrected chi connectivity index (χ2v) is 4.16. The predicted molar refractivity (Wildman–Crippen MR) is 66.0 cm³/mol. The van der Waals surface area contributed by atoms with Gasteiger partial charge in [-0.15, -0.1) is 0 Å². The minimum atomic E-state index is -0.345. The summed E-state index contributed by atoms with van der Waals surface area (Å²) in [7, 11) is 1.37. The molecule has 0 saturated heterocycles. The molecule has 0 fully saturated rings. The number of rotatable bonds is 5. The van der Waals surface area contributed by atoms with Crippen LogP contribution in [-0.4, -0.2) is 13.1 Å². The van der Waals surface area contributed by atoms with Gasteiger partial charge < -0.3 is 4.74 Å². The molecule has 1 aromatic rings. The highest BCUT2D eigenvalue weighted by atomic mass is 35.5. The van der Waals surface area contributed by atoms with E-state index in [4.69, 9.17) is 11.6 Å². The second-order valence-electron chi connectivity index (χ2n) is 3.75. The molecule has 16 heavy (non-hydrogen) atoms. The highest BCUT2D eigenvalue weighted by molar-refractivity contribution is 6.31. The third-order valence-electron chi connectivity index (χ3n) is 2.52. The Hall–Kier alpha value is -1.02. The van der Waals surface area contributed by atoms with Crippen LogP contribution in [0.4, 0.5) is 0 Å². The van der Waals surface area contributed by atoms with Crippen molar-refractivity contribution in [2.45, 2.75) is 32.6 Å². The maximum atomic E-state index is 11.3. The number of unbranched alkanes of at least 4 members (excludes halogenated alkanes) is 2. The van der Waals surface area contributed by atoms with E-state index in [2.05, 4.69) is 11.7 Å². The number of aryl methyl sites for hydroxylation is 1. The van der Waals surface area contributed by atoms with Gasteiger partial charge in [0, 0.05) is 5.02 Å². The van der Waals surface area contributed by atoms with E-state index >= 15 is 0 Å². The van der Waals surface area contributed by atoms with Crippen LogP contribution in [0, 0.1) is 0 Å². The number of benzene rings is 1. The van der Waals surface area contributed by atoms with E-state index in [0.717, 1.165) is 18.4 Å². The smallest absolute Gasteiger partial charge is 0.337 e. The van der Waals surface area contributed by atoms with Crippen LogP contribution in [0.3, 0.4) is 0 Å². The topological polar surface area (TPSA) is 26.3 Å². The zero-order chi connectivity index (χ0) is 12.0. The highest BCUT2D eigenvalue weighted by Crippen LogP contribution is 2.20. The molecule has 0 aromatic heterocycles. The van der Waals surface area contributed by atoms with E-state index in [1.165, 1.54) is 20.0 Å². The number of carbonyl (C=O) groups is 1. The Kier molecular flexibility index (Phi) is 5.33. The number of methoxy groups -OCH3 is 1. The van der Waals surface area contributed by atoms with Crippen LogP contribution in [0.25, 0.3) is 0 Å². The largest absolute Gasteiger partial charge is 0.465 e. The second kappa shape index (κ2) is 6.54. The zero-order valence-corrected chi connectivity index (χ0v) is 10.5. The summed E-state index contributed by atoms with van der Waals surface area (Å²) in [5.74, 6) is -0.345. The van der Waals surface area contributed by atoms with Crippen LogP contribution < -0.4 is 0 Å². The van der Waals surface area contributed by atoms with E-state index in [9.17, 15) is 4.79 Å². The summed E-state index contributed by atoms with van der Waals surface area (Å²) < 4.78 is 4.63. The number of hydrogen-bond acceptors (Lipinski definition) is 2. The average Bonchev–Trinajstić information content (AvgIpc) is 2.30. The summed E-state index contributed by atoms with van der Waals surface area (Å²) in [4.78, 5) is 11.3. The Labute approximate surface area is 102 Å². The van der Waals surface area contributed by atoms with Crippen molar-refractivity contribution in [1.29, 1.82) is 0 Å². The van der Waals surface area contributed by atoms with Crippen LogP contribution in [0.1, 0.15) is 42.1 Å². The Morgan fingerprint density at radius 2 is 2.12 bits per heavy atom. The van der Waals surface area contributed by atoms with Crippen molar-refractivity contribution in [2.24, 2.45) is 0 Å². The number of halogens is 1. The molecule has 88 valence electrons. The van der Waals surface area contributed by atoms with Gasteiger partial charge in [-0.05, 0) is 30.5 Å². The molecule has 0 atom stereocenters. The number of hydrogen-bond donors (Lipinski definition) is 0. The standard InChI is InChI=1S/C13H17ClO2/c1-3-4-5-6-10-7-8-11(9-12(10)14)13(15)16-2/h7-9H,3-6H2,1-2H3. The Balaban J connectivity index is 2.71. The van der Waals surface area contributed by atoms with E-state index in [0.29, 0.717) is 10.6 Å². The van der Waals surface area contributed by atoms with Gasteiger partial charge in [-0.1, -0.05) is 37.4 Å². The maximum Gasteiger partial charge on any atom is 0.337 e. The van der Waals surface area contributed by atoms with Crippen LogP contribution in [0.5, 0.6) is 0 Å². The van der Waals surface area contributed by atoms with Crippen molar-refractivity contribution in [3.63, 3.8) is 0 Å². The molecule has 0 unspecified atom stereocenters. The summed E-state index contributed by atoms with van der Waals surface area (Å²) in [6, 6.07) is 5.35. The molecule has 0 radical (unpaired) electrons. The van der Waals surface area contributed by atoms with E-state index in [1.54, 1.807) is 12.1 Å². The highest BCUT2D eigenvalue weighted by Gasteiger charge is 2.08. The average molecular weight is 241 g/mol. The van der Waals surface area contributed by atoms with E-state index < -0.39 is 0 Å². The monoisotopic (exact) mass is 240 g/mol. The van der Waals surface area contributed by atoms with Crippen molar-refractivity contribution in [1.82, 2.24) is 0 Å². The zero-order valence-electron chi connectivity index (χ0n) is 9.75. The first-order chi connectivity index (χ1) is 7.69. The third kappa shape index (κ3) is 3.53. The summed E-state index contributed by atoms with van der Waals surface area (Å²) in [5.41, 5.74) is 1.61. The fourth-order valence-electron chi connectivity index (χ4n) is 1.56. The SMILES string of the molecule is CCCCCc1ccc(C(=O)OC)cc1Cl. The quantitative estimate of drug-likeness (QED) is 0.577. The van der Waals surface area contributed by atoms with Crippen molar-refractivity contribution in [3.05, 3.63) is 34.3 Å². The molecular formula is C13H17ClO2. The first-order valence-corrected chi connectivity index (χ1v) is 5.93. The van der Waals surface area contributed by atoms with Gasteiger partial charge in [0.15, 0.2) is 0 Å². The fourth-order valence-corrected chi connectivity index (χ4v) is 1.84. The summed E-state index contributed by atoms with van der Waals surface area (Å²) in [6.07, 6.45) is 4.49. The van der Waals surface area contributed by atoms with Crippen molar-refractivity contribution in [2.75, 3.05) is 7.11 Å². The normalized spacial score (nSPS) is 10.2. The summed E-state index contributed by atoms with van der Waals surface area (Å²) in [5, 5.41) is 0.652. The molecular weight excluding hydrogens is 224 g/mol. The molecule has 1 aromatic carbocycles. The Bertz CT molecular complexity index is 361. The van der Waals surface area contributed by atoms with Crippen LogP contribution >= 0.6 is 11.6 Å². The lowest BCUT2D eigenvalue weighted by Gasteiger charge is -2.05. The minimum absolute atomic E-state index is 0.345. The van der Waals surface area contributed by atoms with Crippen molar-refractivity contribution in [3.8, 4) is 0 Å². The lowest BCUT2D eigenvalue weighted by atomic mass is 10.1. The van der Waals surface area contributed by atoms with Gasteiger partial charge in [0.2, 0.25) is 0 Å². The van der Waals surface area contributed by atoms with Gasteiger partial charge in [-0.25, -0.2) is 4.79 Å². The molecule has 0 saturated carbocycles. The number of esters is 1. The van der Waals surface area contributed by atoms with E-state index in [1.807, 2.05) is 6.07 Å². The molecule has 0 aliphatic carbocycles. The minimum Gasteiger partial charge on any atom is -0.465 e. The lowest BCUT2D eigenvalue weighted by Crippen LogP contribution is -2.01. The number of carbonyl (C=O) groups excluding carboxylic acids is 1. The Morgan fingerprint density at radius 1 is 1.38 bits per heavy atom. The summed E-state index contributed by atoms with van der Waals surface area (Å²) in [6.45, 7) is 2.17. The van der Waals surface area contributed by atoms with Crippen molar-refractivity contribution >= 4 is 17.6 Å². The molecule has 0 N–H and O–H groups in total. The van der Waals surface area contributed by atoms with Gasteiger partial charge in [-0.3, -0.25) is 0 Å². The molecule has 0 bridgehead atoms. The van der Waals surface area contributed by atoms with Gasteiger partial charge in [0.1, 0.15) is 0 Å². The Morgan fingerprint density at radius 3 is 2.69 bits per heavy atom. The molecule has 0 heterocycles. The maximum absolute atomic E-state index is 11.3. The molecule has 0 spiro atoms. The summed E-state index contributed by atoms with van der Waals surface area (Å²) >= 11 is 6.10. The van der Waals surface area contributed by atoms with Crippen molar-refractivity contribution < 1.29 is 9.53 Å². The van der Waals surface area contributed by atoms with Gasteiger partial charge in [-0.2, -0.15) is 0 Å². The number of ether oxygens (including phenoxy) is 1. The lowest BCUT2D eigenvalue weighted by molar-refractivity contribution is 0.0600. The fraction of sp³-hybridized carbons (Fsp3) is 0.462.